The highest BCUT2D eigenvalue weighted by Gasteiger charge is 2.22. The number of rotatable bonds is 4. The Morgan fingerprint density at radius 1 is 1.26 bits per heavy atom. The van der Waals surface area contributed by atoms with Gasteiger partial charge in [-0.05, 0) is 49.1 Å². The highest BCUT2D eigenvalue weighted by atomic mass is 16.5. The number of ether oxygens (including phenoxy) is 2. The Hall–Kier alpha value is -2.37. The summed E-state index contributed by atoms with van der Waals surface area (Å²) in [5, 5.41) is 9.67. The maximum Gasteiger partial charge on any atom is 0.226 e. The molecule has 1 aromatic carbocycles. The molecule has 1 fully saturated rings. The van der Waals surface area contributed by atoms with Crippen molar-refractivity contribution in [2.24, 2.45) is 0 Å². The summed E-state index contributed by atoms with van der Waals surface area (Å²) in [6, 6.07) is 9.92. The molecule has 5 nitrogen and oxygen atoms in total. The van der Waals surface area contributed by atoms with E-state index in [-0.39, 0.29) is 6.10 Å². The van der Waals surface area contributed by atoms with E-state index < -0.39 is 0 Å². The number of hydrogen-bond donors (Lipinski definition) is 1. The number of aromatic nitrogens is 1. The first kappa shape index (κ1) is 18.0. The van der Waals surface area contributed by atoms with Crippen LogP contribution in [0, 0.1) is 0 Å². The maximum absolute atomic E-state index is 9.67. The number of allylic oxidation sites excluding steroid dienone is 1. The molecule has 0 amide bonds. The Balaban J connectivity index is 1.58. The lowest BCUT2D eigenvalue weighted by atomic mass is 9.97. The van der Waals surface area contributed by atoms with E-state index in [1.165, 1.54) is 5.57 Å². The lowest BCUT2D eigenvalue weighted by Gasteiger charge is -2.29. The summed E-state index contributed by atoms with van der Waals surface area (Å²) in [4.78, 5) is 6.87. The number of pyridine rings is 1. The first-order valence-electron chi connectivity index (χ1n) is 9.63. The summed E-state index contributed by atoms with van der Waals surface area (Å²) in [7, 11) is 1.69. The van der Waals surface area contributed by atoms with Gasteiger partial charge in [0.05, 0.1) is 13.2 Å². The summed E-state index contributed by atoms with van der Waals surface area (Å²) in [5.74, 6) is 2.30. The number of piperidine rings is 1. The van der Waals surface area contributed by atoms with Gasteiger partial charge in [0.15, 0.2) is 0 Å². The van der Waals surface area contributed by atoms with Crippen molar-refractivity contribution in [3.05, 3.63) is 53.7 Å². The Kier molecular flexibility index (Phi) is 5.41. The van der Waals surface area contributed by atoms with Gasteiger partial charge in [0.2, 0.25) is 5.88 Å². The second kappa shape index (κ2) is 8.11. The van der Waals surface area contributed by atoms with Crippen molar-refractivity contribution >= 4 is 5.57 Å². The molecule has 0 saturated carbocycles. The molecule has 1 N–H and O–H groups in total. The van der Waals surface area contributed by atoms with Crippen LogP contribution in [0.4, 0.5) is 0 Å². The molecule has 0 unspecified atom stereocenters. The Morgan fingerprint density at radius 3 is 2.93 bits per heavy atom. The minimum absolute atomic E-state index is 0.125. The number of methoxy groups -OCH3 is 1. The molecule has 0 radical (unpaired) electrons. The number of fused-ring (bicyclic) bond motifs is 2. The molecule has 2 aliphatic heterocycles. The molecule has 2 aromatic rings. The fourth-order valence-corrected chi connectivity index (χ4v) is 3.86. The van der Waals surface area contributed by atoms with Gasteiger partial charge < -0.3 is 19.5 Å². The predicted octanol–water partition coefficient (Wildman–Crippen LogP) is 3.67. The zero-order valence-corrected chi connectivity index (χ0v) is 15.7. The summed E-state index contributed by atoms with van der Waals surface area (Å²) in [5.41, 5.74) is 3.33. The van der Waals surface area contributed by atoms with Gasteiger partial charge in [-0.2, -0.15) is 0 Å². The summed E-state index contributed by atoms with van der Waals surface area (Å²) >= 11 is 0. The first-order chi connectivity index (χ1) is 13.2. The number of hydrogen-bond acceptors (Lipinski definition) is 5. The number of aliphatic hydroxyl groups is 1. The zero-order valence-electron chi connectivity index (χ0n) is 15.7. The number of nitrogens with zero attached hydrogens (tertiary/aromatic N) is 2. The van der Waals surface area contributed by atoms with Gasteiger partial charge in [0, 0.05) is 43.4 Å². The van der Waals surface area contributed by atoms with E-state index in [4.69, 9.17) is 9.47 Å². The van der Waals surface area contributed by atoms with E-state index in [0.717, 1.165) is 67.9 Å². The van der Waals surface area contributed by atoms with Gasteiger partial charge in [-0.3, -0.25) is 0 Å². The molecule has 0 spiro atoms. The number of likely N-dealkylation sites (tertiary alicyclic amines) is 1. The Bertz CT molecular complexity index is 826. The van der Waals surface area contributed by atoms with Gasteiger partial charge in [0.1, 0.15) is 11.5 Å². The molecular formula is C22H26N2O3. The minimum atomic E-state index is -0.125. The molecule has 5 heteroatoms. The quantitative estimate of drug-likeness (QED) is 0.895. The van der Waals surface area contributed by atoms with E-state index in [1.807, 2.05) is 24.3 Å². The van der Waals surface area contributed by atoms with Gasteiger partial charge in [0.25, 0.3) is 0 Å². The van der Waals surface area contributed by atoms with Crippen LogP contribution in [-0.4, -0.2) is 47.8 Å². The molecule has 142 valence electrons. The van der Waals surface area contributed by atoms with Crippen LogP contribution in [0.2, 0.25) is 0 Å². The van der Waals surface area contributed by atoms with Crippen molar-refractivity contribution in [1.29, 1.82) is 0 Å². The van der Waals surface area contributed by atoms with E-state index in [0.29, 0.717) is 5.88 Å². The topological polar surface area (TPSA) is 54.8 Å². The van der Waals surface area contributed by atoms with Gasteiger partial charge in [-0.25, -0.2) is 4.98 Å². The summed E-state index contributed by atoms with van der Waals surface area (Å²) in [6.07, 6.45) is 7.42. The number of benzene rings is 1. The highest BCUT2D eigenvalue weighted by Crippen LogP contribution is 2.41. The van der Waals surface area contributed by atoms with Crippen molar-refractivity contribution in [1.82, 2.24) is 9.88 Å². The van der Waals surface area contributed by atoms with E-state index in [9.17, 15) is 5.11 Å². The lowest BCUT2D eigenvalue weighted by molar-refractivity contribution is 0.0835. The third-order valence-electron chi connectivity index (χ3n) is 5.39. The van der Waals surface area contributed by atoms with Crippen LogP contribution in [-0.2, 0) is 6.42 Å². The van der Waals surface area contributed by atoms with Crippen molar-refractivity contribution in [3.8, 4) is 17.4 Å². The van der Waals surface area contributed by atoms with E-state index in [1.54, 1.807) is 13.3 Å². The second-order valence-electron chi connectivity index (χ2n) is 7.16. The predicted molar refractivity (Wildman–Crippen MR) is 105 cm³/mol. The molecule has 1 saturated heterocycles. The normalized spacial score (nSPS) is 19.1. The molecular weight excluding hydrogens is 340 g/mol. The standard InChI is InChI=1S/C22H26N2O3/c1-26-20-7-2-8-21-19(20)15-16(18-6-3-11-23-22(18)27-21)5-4-12-24-13-9-17(25)10-14-24/h2-3,5-8,11,17,25H,4,9-10,12-15H2,1H3. The number of aliphatic hydroxyl groups excluding tert-OH is 1. The molecule has 0 bridgehead atoms. The van der Waals surface area contributed by atoms with Crippen LogP contribution in [0.15, 0.2) is 42.6 Å². The SMILES string of the molecule is COc1cccc2c1CC(=CCCN1CCC(O)CC1)c1cccnc1O2. The summed E-state index contributed by atoms with van der Waals surface area (Å²) in [6.45, 7) is 2.95. The summed E-state index contributed by atoms with van der Waals surface area (Å²) < 4.78 is 11.7. The van der Waals surface area contributed by atoms with Crippen LogP contribution < -0.4 is 9.47 Å². The van der Waals surface area contributed by atoms with Gasteiger partial charge in [-0.15, -0.1) is 0 Å². The smallest absolute Gasteiger partial charge is 0.226 e. The van der Waals surface area contributed by atoms with E-state index in [2.05, 4.69) is 22.0 Å². The van der Waals surface area contributed by atoms with Crippen LogP contribution >= 0.6 is 0 Å². The average molecular weight is 366 g/mol. The Morgan fingerprint density at radius 2 is 2.11 bits per heavy atom. The van der Waals surface area contributed by atoms with Crippen molar-refractivity contribution in [3.63, 3.8) is 0 Å². The largest absolute Gasteiger partial charge is 0.496 e. The average Bonchev–Trinajstić information content (AvgIpc) is 2.86. The molecule has 3 heterocycles. The lowest BCUT2D eigenvalue weighted by Crippen LogP contribution is -2.36. The van der Waals surface area contributed by atoms with Crippen molar-refractivity contribution in [2.45, 2.75) is 31.8 Å². The molecule has 2 aliphatic rings. The third-order valence-corrected chi connectivity index (χ3v) is 5.39. The first-order valence-corrected chi connectivity index (χ1v) is 9.63. The minimum Gasteiger partial charge on any atom is -0.496 e. The molecule has 0 atom stereocenters. The fourth-order valence-electron chi connectivity index (χ4n) is 3.86. The highest BCUT2D eigenvalue weighted by molar-refractivity contribution is 5.74. The van der Waals surface area contributed by atoms with Crippen molar-refractivity contribution in [2.75, 3.05) is 26.7 Å². The third kappa shape index (κ3) is 3.99. The van der Waals surface area contributed by atoms with Crippen LogP contribution in [0.5, 0.6) is 17.4 Å². The van der Waals surface area contributed by atoms with Crippen LogP contribution in [0.1, 0.15) is 30.4 Å². The Labute approximate surface area is 160 Å². The van der Waals surface area contributed by atoms with Gasteiger partial charge in [-0.1, -0.05) is 12.1 Å². The molecule has 4 rings (SSSR count). The van der Waals surface area contributed by atoms with Crippen LogP contribution in [0.25, 0.3) is 5.57 Å². The molecule has 1 aromatic heterocycles. The maximum atomic E-state index is 9.67. The van der Waals surface area contributed by atoms with Gasteiger partial charge >= 0.3 is 0 Å². The van der Waals surface area contributed by atoms with Crippen LogP contribution in [0.3, 0.4) is 0 Å². The molecule has 0 aliphatic carbocycles. The second-order valence-corrected chi connectivity index (χ2v) is 7.16. The fraction of sp³-hybridized carbons (Fsp3) is 0.409. The monoisotopic (exact) mass is 366 g/mol. The van der Waals surface area contributed by atoms with Crippen molar-refractivity contribution < 1.29 is 14.6 Å². The molecule has 27 heavy (non-hydrogen) atoms. The van der Waals surface area contributed by atoms with E-state index >= 15 is 0 Å². The zero-order chi connectivity index (χ0) is 18.6.